The lowest BCUT2D eigenvalue weighted by Crippen LogP contribution is -2.01. The van der Waals surface area contributed by atoms with Gasteiger partial charge in [-0.1, -0.05) is 28.9 Å². The van der Waals surface area contributed by atoms with Crippen molar-refractivity contribution in [3.8, 4) is 0 Å². The smallest absolute Gasteiger partial charge is 0.360 e. The van der Waals surface area contributed by atoms with Crippen LogP contribution in [0.3, 0.4) is 0 Å². The van der Waals surface area contributed by atoms with Crippen molar-refractivity contribution in [2.45, 2.75) is 6.54 Å². The molecule has 0 aliphatic heterocycles. The Morgan fingerprint density at radius 1 is 1.53 bits per heavy atom. The van der Waals surface area contributed by atoms with Crippen molar-refractivity contribution in [2.24, 2.45) is 0 Å². The van der Waals surface area contributed by atoms with E-state index in [2.05, 4.69) is 15.0 Å². The summed E-state index contributed by atoms with van der Waals surface area (Å²) in [5.74, 6) is -0.498. The highest BCUT2D eigenvalue weighted by molar-refractivity contribution is 6.30. The summed E-state index contributed by atoms with van der Waals surface area (Å²) in [6, 6.07) is 7.41. The van der Waals surface area contributed by atoms with Crippen LogP contribution in [0.5, 0.6) is 0 Å². The number of hydrogen-bond acceptors (Lipinski definition) is 4. The van der Waals surface area contributed by atoms with E-state index in [1.165, 1.54) is 13.3 Å². The molecule has 0 amide bonds. The molecule has 2 aromatic rings. The van der Waals surface area contributed by atoms with Crippen LogP contribution in [0.25, 0.3) is 0 Å². The van der Waals surface area contributed by atoms with Crippen LogP contribution in [-0.2, 0) is 11.3 Å². The standard InChI is InChI=1S/C11H10ClN3O2/c1-17-11(16)10-7-15(14-13-10)6-8-3-2-4-9(12)5-8/h2-5,7H,6H2,1H3. The number of methoxy groups -OCH3 is 1. The molecule has 0 aliphatic carbocycles. The maximum atomic E-state index is 11.2. The summed E-state index contributed by atoms with van der Waals surface area (Å²) < 4.78 is 6.10. The van der Waals surface area contributed by atoms with Crippen molar-refractivity contribution < 1.29 is 9.53 Å². The van der Waals surface area contributed by atoms with Crippen LogP contribution < -0.4 is 0 Å². The lowest BCUT2D eigenvalue weighted by atomic mass is 10.2. The second kappa shape index (κ2) is 4.97. The summed E-state index contributed by atoms with van der Waals surface area (Å²) in [5.41, 5.74) is 1.17. The fraction of sp³-hybridized carbons (Fsp3) is 0.182. The van der Waals surface area contributed by atoms with Gasteiger partial charge in [0, 0.05) is 5.02 Å². The monoisotopic (exact) mass is 251 g/mol. The van der Waals surface area contributed by atoms with Crippen LogP contribution in [0.15, 0.2) is 30.5 Å². The third-order valence-corrected chi connectivity index (χ3v) is 2.40. The lowest BCUT2D eigenvalue weighted by molar-refractivity contribution is 0.0594. The molecule has 0 saturated heterocycles. The van der Waals surface area contributed by atoms with Crippen LogP contribution >= 0.6 is 11.6 Å². The van der Waals surface area contributed by atoms with Gasteiger partial charge in [-0.05, 0) is 17.7 Å². The first-order valence-electron chi connectivity index (χ1n) is 4.92. The van der Waals surface area contributed by atoms with E-state index in [4.69, 9.17) is 11.6 Å². The van der Waals surface area contributed by atoms with Crippen molar-refractivity contribution in [3.63, 3.8) is 0 Å². The summed E-state index contributed by atoms with van der Waals surface area (Å²) in [6.07, 6.45) is 1.53. The molecule has 0 bridgehead atoms. The minimum Gasteiger partial charge on any atom is -0.464 e. The molecule has 0 fully saturated rings. The first kappa shape index (κ1) is 11.6. The Bertz CT molecular complexity index is 539. The van der Waals surface area contributed by atoms with Gasteiger partial charge in [-0.2, -0.15) is 0 Å². The number of carbonyl (C=O) groups excluding carboxylic acids is 1. The van der Waals surface area contributed by atoms with Gasteiger partial charge in [0.1, 0.15) is 0 Å². The Balaban J connectivity index is 2.14. The predicted molar refractivity (Wildman–Crippen MR) is 61.9 cm³/mol. The molecule has 5 nitrogen and oxygen atoms in total. The molecule has 0 saturated carbocycles. The third kappa shape index (κ3) is 2.82. The summed E-state index contributed by atoms with van der Waals surface area (Å²) >= 11 is 5.87. The second-order valence-corrected chi connectivity index (χ2v) is 3.86. The zero-order valence-corrected chi connectivity index (χ0v) is 9.89. The van der Waals surface area contributed by atoms with Gasteiger partial charge >= 0.3 is 5.97 Å². The Kier molecular flexibility index (Phi) is 3.39. The normalized spacial score (nSPS) is 10.2. The van der Waals surface area contributed by atoms with E-state index < -0.39 is 5.97 Å². The average Bonchev–Trinajstić information content (AvgIpc) is 2.76. The first-order chi connectivity index (χ1) is 8.19. The Morgan fingerprint density at radius 3 is 3.06 bits per heavy atom. The van der Waals surface area contributed by atoms with E-state index in [0.717, 1.165) is 5.56 Å². The molecular weight excluding hydrogens is 242 g/mol. The minimum absolute atomic E-state index is 0.189. The third-order valence-electron chi connectivity index (χ3n) is 2.17. The number of ether oxygens (including phenoxy) is 1. The van der Waals surface area contributed by atoms with Gasteiger partial charge in [0.05, 0.1) is 19.9 Å². The molecule has 0 unspecified atom stereocenters. The molecule has 88 valence electrons. The number of carbonyl (C=O) groups is 1. The van der Waals surface area contributed by atoms with Crippen molar-refractivity contribution in [3.05, 3.63) is 46.7 Å². The van der Waals surface area contributed by atoms with Crippen LogP contribution in [0.1, 0.15) is 16.1 Å². The Hall–Kier alpha value is -1.88. The molecule has 1 aromatic heterocycles. The van der Waals surface area contributed by atoms with Crippen LogP contribution in [0.2, 0.25) is 5.02 Å². The maximum absolute atomic E-state index is 11.2. The van der Waals surface area contributed by atoms with E-state index in [-0.39, 0.29) is 5.69 Å². The average molecular weight is 252 g/mol. The number of aromatic nitrogens is 3. The fourth-order valence-electron chi connectivity index (χ4n) is 1.40. The second-order valence-electron chi connectivity index (χ2n) is 3.42. The molecule has 0 atom stereocenters. The van der Waals surface area contributed by atoms with Gasteiger partial charge in [0.2, 0.25) is 0 Å². The summed E-state index contributed by atoms with van der Waals surface area (Å²) in [5, 5.41) is 8.21. The van der Waals surface area contributed by atoms with E-state index >= 15 is 0 Å². The summed E-state index contributed by atoms with van der Waals surface area (Å²) in [4.78, 5) is 11.2. The van der Waals surface area contributed by atoms with Gasteiger partial charge in [0.15, 0.2) is 5.69 Å². The van der Waals surface area contributed by atoms with Gasteiger partial charge in [-0.3, -0.25) is 0 Å². The van der Waals surface area contributed by atoms with E-state index in [9.17, 15) is 4.79 Å². The largest absolute Gasteiger partial charge is 0.464 e. The first-order valence-corrected chi connectivity index (χ1v) is 5.30. The van der Waals surface area contributed by atoms with Crippen LogP contribution in [0, 0.1) is 0 Å². The van der Waals surface area contributed by atoms with E-state index in [1.807, 2.05) is 18.2 Å². The molecule has 0 spiro atoms. The number of rotatable bonds is 3. The molecule has 0 N–H and O–H groups in total. The van der Waals surface area contributed by atoms with E-state index in [0.29, 0.717) is 11.6 Å². The highest BCUT2D eigenvalue weighted by Gasteiger charge is 2.10. The molecule has 0 radical (unpaired) electrons. The Morgan fingerprint density at radius 2 is 2.35 bits per heavy atom. The summed E-state index contributed by atoms with van der Waals surface area (Å²) in [7, 11) is 1.30. The fourth-order valence-corrected chi connectivity index (χ4v) is 1.61. The van der Waals surface area contributed by atoms with E-state index in [1.54, 1.807) is 10.7 Å². The van der Waals surface area contributed by atoms with Crippen molar-refractivity contribution in [1.82, 2.24) is 15.0 Å². The SMILES string of the molecule is COC(=O)c1cn(Cc2cccc(Cl)c2)nn1. The quantitative estimate of drug-likeness (QED) is 0.780. The molecule has 1 heterocycles. The molecular formula is C11H10ClN3O2. The van der Waals surface area contributed by atoms with Gasteiger partial charge in [-0.15, -0.1) is 5.10 Å². The minimum atomic E-state index is -0.498. The van der Waals surface area contributed by atoms with Crippen molar-refractivity contribution in [1.29, 1.82) is 0 Å². The maximum Gasteiger partial charge on any atom is 0.360 e. The predicted octanol–water partition coefficient (Wildman–Crippen LogP) is 1.77. The highest BCUT2D eigenvalue weighted by atomic mass is 35.5. The van der Waals surface area contributed by atoms with Crippen LogP contribution in [-0.4, -0.2) is 28.1 Å². The Labute approximate surface area is 103 Å². The van der Waals surface area contributed by atoms with Crippen LogP contribution in [0.4, 0.5) is 0 Å². The molecule has 2 rings (SSSR count). The van der Waals surface area contributed by atoms with Crippen molar-refractivity contribution >= 4 is 17.6 Å². The topological polar surface area (TPSA) is 57.0 Å². The molecule has 6 heteroatoms. The highest BCUT2D eigenvalue weighted by Crippen LogP contribution is 2.11. The van der Waals surface area contributed by atoms with Gasteiger partial charge in [0.25, 0.3) is 0 Å². The van der Waals surface area contributed by atoms with Gasteiger partial charge < -0.3 is 4.74 Å². The number of hydrogen-bond donors (Lipinski definition) is 0. The zero-order valence-electron chi connectivity index (χ0n) is 9.13. The van der Waals surface area contributed by atoms with Crippen molar-refractivity contribution in [2.75, 3.05) is 7.11 Å². The zero-order chi connectivity index (χ0) is 12.3. The lowest BCUT2D eigenvalue weighted by Gasteiger charge is -2.00. The molecule has 0 aliphatic rings. The summed E-state index contributed by atoms with van der Waals surface area (Å²) in [6.45, 7) is 0.505. The number of esters is 1. The molecule has 1 aromatic carbocycles. The number of halogens is 1. The number of benzene rings is 1. The number of nitrogens with zero attached hydrogens (tertiary/aromatic N) is 3. The van der Waals surface area contributed by atoms with Gasteiger partial charge in [-0.25, -0.2) is 9.48 Å². The molecule has 17 heavy (non-hydrogen) atoms.